The van der Waals surface area contributed by atoms with E-state index in [9.17, 15) is 0 Å². The van der Waals surface area contributed by atoms with Crippen LogP contribution < -0.4 is 4.90 Å². The van der Waals surface area contributed by atoms with Crippen molar-refractivity contribution in [3.05, 3.63) is 53.3 Å². The van der Waals surface area contributed by atoms with Gasteiger partial charge in [-0.15, -0.1) is 11.6 Å². The first-order chi connectivity index (χ1) is 10.1. The maximum Gasteiger partial charge on any atom is 0.129 e. The van der Waals surface area contributed by atoms with Crippen molar-refractivity contribution in [1.29, 1.82) is 0 Å². The highest BCUT2D eigenvalue weighted by Crippen LogP contribution is 2.29. The van der Waals surface area contributed by atoms with Gasteiger partial charge in [0.2, 0.25) is 0 Å². The lowest BCUT2D eigenvalue weighted by Crippen LogP contribution is -2.08. The van der Waals surface area contributed by atoms with Gasteiger partial charge in [-0.1, -0.05) is 17.7 Å². The fraction of sp³-hybridized carbons (Fsp3) is 0.188. The monoisotopic (exact) mass is 319 g/mol. The van der Waals surface area contributed by atoms with Crippen molar-refractivity contribution < 1.29 is 0 Å². The van der Waals surface area contributed by atoms with Crippen LogP contribution in [0.5, 0.6) is 0 Å². The van der Waals surface area contributed by atoms with E-state index in [1.165, 1.54) is 0 Å². The van der Waals surface area contributed by atoms with Gasteiger partial charge >= 0.3 is 0 Å². The number of nitrogens with zero attached hydrogens (tertiary/aromatic N) is 3. The maximum absolute atomic E-state index is 6.35. The normalized spacial score (nSPS) is 11.0. The predicted molar refractivity (Wildman–Crippen MR) is 90.0 cm³/mol. The van der Waals surface area contributed by atoms with Crippen LogP contribution >= 0.6 is 23.2 Å². The molecule has 0 aliphatic rings. The first kappa shape index (κ1) is 14.2. The first-order valence-corrected chi connectivity index (χ1v) is 7.52. The third-order valence-corrected chi connectivity index (χ3v) is 3.98. The van der Waals surface area contributed by atoms with E-state index in [1.54, 1.807) is 0 Å². The van der Waals surface area contributed by atoms with E-state index < -0.39 is 0 Å². The summed E-state index contributed by atoms with van der Waals surface area (Å²) < 4.78 is 2.02. The van der Waals surface area contributed by atoms with Gasteiger partial charge in [0.15, 0.2) is 0 Å². The molecule has 3 nitrogen and oxygen atoms in total. The van der Waals surface area contributed by atoms with Crippen LogP contribution in [0.15, 0.2) is 42.5 Å². The summed E-state index contributed by atoms with van der Waals surface area (Å²) in [5.74, 6) is 1.12. The first-order valence-electron chi connectivity index (χ1n) is 6.61. The second-order valence-electron chi connectivity index (χ2n) is 5.02. The zero-order valence-electron chi connectivity index (χ0n) is 11.8. The number of hydrogen-bond acceptors (Lipinski definition) is 2. The molecule has 0 amide bonds. The molecule has 0 radical (unpaired) electrons. The smallest absolute Gasteiger partial charge is 0.129 e. The SMILES string of the molecule is CN(C)c1ccc(-n2c(CCl)nc3cccc(Cl)c32)cc1. The molecule has 108 valence electrons. The molecule has 1 aromatic heterocycles. The molecule has 0 fully saturated rings. The maximum atomic E-state index is 6.35. The second-order valence-corrected chi connectivity index (χ2v) is 5.69. The quantitative estimate of drug-likeness (QED) is 0.663. The fourth-order valence-corrected chi connectivity index (χ4v) is 2.83. The molecule has 0 N–H and O–H groups in total. The Hall–Kier alpha value is -1.71. The lowest BCUT2D eigenvalue weighted by atomic mass is 10.2. The average molecular weight is 320 g/mol. The lowest BCUT2D eigenvalue weighted by molar-refractivity contribution is 0.980. The summed E-state index contributed by atoms with van der Waals surface area (Å²) in [5, 5.41) is 0.674. The molecular formula is C16H15Cl2N3. The molecule has 2 aromatic carbocycles. The summed E-state index contributed by atoms with van der Waals surface area (Å²) >= 11 is 12.4. The summed E-state index contributed by atoms with van der Waals surface area (Å²) in [5.41, 5.74) is 3.90. The van der Waals surface area contributed by atoms with Crippen LogP contribution in [0.3, 0.4) is 0 Å². The number of imidazole rings is 1. The Morgan fingerprint density at radius 1 is 1.10 bits per heavy atom. The standard InChI is InChI=1S/C16H15Cl2N3/c1-20(2)11-6-8-12(9-7-11)21-15(10-17)19-14-5-3-4-13(18)16(14)21/h3-9H,10H2,1-2H3. The van der Waals surface area contributed by atoms with Gasteiger partial charge in [-0.25, -0.2) is 4.98 Å². The molecule has 0 unspecified atom stereocenters. The highest BCUT2D eigenvalue weighted by atomic mass is 35.5. The van der Waals surface area contributed by atoms with Crippen LogP contribution in [0.4, 0.5) is 5.69 Å². The zero-order valence-corrected chi connectivity index (χ0v) is 13.4. The van der Waals surface area contributed by atoms with Gasteiger partial charge in [0.25, 0.3) is 0 Å². The van der Waals surface area contributed by atoms with Crippen molar-refractivity contribution in [1.82, 2.24) is 9.55 Å². The Kier molecular flexibility index (Phi) is 3.79. The number of benzene rings is 2. The lowest BCUT2D eigenvalue weighted by Gasteiger charge is -2.14. The number of hydrogen-bond donors (Lipinski definition) is 0. The molecule has 0 spiro atoms. The Balaban J connectivity index is 2.23. The third-order valence-electron chi connectivity index (χ3n) is 3.44. The van der Waals surface area contributed by atoms with E-state index in [0.29, 0.717) is 10.9 Å². The van der Waals surface area contributed by atoms with Crippen LogP contribution in [0.25, 0.3) is 16.7 Å². The summed E-state index contributed by atoms with van der Waals surface area (Å²) in [6.07, 6.45) is 0. The Bertz CT molecular complexity index is 776. The molecule has 0 bridgehead atoms. The number of aromatic nitrogens is 2. The molecule has 0 saturated heterocycles. The van der Waals surface area contributed by atoms with Gasteiger partial charge in [0, 0.05) is 25.5 Å². The van der Waals surface area contributed by atoms with Gasteiger partial charge in [0.05, 0.1) is 21.9 Å². The number of halogens is 2. The third kappa shape index (κ3) is 2.47. The van der Waals surface area contributed by atoms with E-state index in [2.05, 4.69) is 34.1 Å². The number of para-hydroxylation sites is 1. The van der Waals surface area contributed by atoms with Gasteiger partial charge in [-0.3, -0.25) is 4.57 Å². The molecule has 21 heavy (non-hydrogen) atoms. The molecule has 0 saturated carbocycles. The second kappa shape index (κ2) is 5.58. The van der Waals surface area contributed by atoms with E-state index in [-0.39, 0.29) is 0 Å². The van der Waals surface area contributed by atoms with Gasteiger partial charge in [-0.2, -0.15) is 0 Å². The summed E-state index contributed by atoms with van der Waals surface area (Å²) in [6.45, 7) is 0. The van der Waals surface area contributed by atoms with Crippen molar-refractivity contribution >= 4 is 39.9 Å². The van der Waals surface area contributed by atoms with Crippen molar-refractivity contribution in [2.45, 2.75) is 5.88 Å². The zero-order chi connectivity index (χ0) is 15.0. The van der Waals surface area contributed by atoms with Gasteiger partial charge in [-0.05, 0) is 36.4 Å². The molecule has 1 heterocycles. The van der Waals surface area contributed by atoms with Crippen LogP contribution in [0.1, 0.15) is 5.82 Å². The van der Waals surface area contributed by atoms with Crippen molar-refractivity contribution in [3.8, 4) is 5.69 Å². The molecule has 3 rings (SSSR count). The molecule has 0 aliphatic carbocycles. The average Bonchev–Trinajstić information content (AvgIpc) is 2.87. The van der Waals surface area contributed by atoms with E-state index in [4.69, 9.17) is 23.2 Å². The van der Waals surface area contributed by atoms with E-state index in [0.717, 1.165) is 28.2 Å². The molecular weight excluding hydrogens is 305 g/mol. The van der Waals surface area contributed by atoms with Gasteiger partial charge in [0.1, 0.15) is 5.82 Å². The van der Waals surface area contributed by atoms with Crippen molar-refractivity contribution in [3.63, 3.8) is 0 Å². The molecule has 0 atom stereocenters. The van der Waals surface area contributed by atoms with Crippen LogP contribution in [-0.2, 0) is 5.88 Å². The fourth-order valence-electron chi connectivity index (χ4n) is 2.40. The Morgan fingerprint density at radius 3 is 2.43 bits per heavy atom. The van der Waals surface area contributed by atoms with E-state index in [1.807, 2.05) is 36.9 Å². The summed E-state index contributed by atoms with van der Waals surface area (Å²) in [6, 6.07) is 13.9. The number of anilines is 1. The van der Waals surface area contributed by atoms with E-state index >= 15 is 0 Å². The van der Waals surface area contributed by atoms with Gasteiger partial charge < -0.3 is 4.90 Å². The summed E-state index contributed by atoms with van der Waals surface area (Å²) in [4.78, 5) is 6.62. The Labute approximate surface area is 133 Å². The van der Waals surface area contributed by atoms with Crippen LogP contribution in [0.2, 0.25) is 5.02 Å². The topological polar surface area (TPSA) is 21.1 Å². The molecule has 0 aliphatic heterocycles. The highest BCUT2D eigenvalue weighted by molar-refractivity contribution is 6.35. The largest absolute Gasteiger partial charge is 0.378 e. The minimum atomic E-state index is 0.334. The van der Waals surface area contributed by atoms with Crippen molar-refractivity contribution in [2.75, 3.05) is 19.0 Å². The minimum Gasteiger partial charge on any atom is -0.378 e. The highest BCUT2D eigenvalue weighted by Gasteiger charge is 2.14. The van der Waals surface area contributed by atoms with Crippen LogP contribution in [-0.4, -0.2) is 23.6 Å². The minimum absolute atomic E-state index is 0.334. The summed E-state index contributed by atoms with van der Waals surface area (Å²) in [7, 11) is 4.03. The number of rotatable bonds is 3. The van der Waals surface area contributed by atoms with Crippen molar-refractivity contribution in [2.24, 2.45) is 0 Å². The number of alkyl halides is 1. The molecule has 3 aromatic rings. The predicted octanol–water partition coefficient (Wildman–Crippen LogP) is 4.48. The molecule has 5 heteroatoms. The Morgan fingerprint density at radius 2 is 1.81 bits per heavy atom. The van der Waals surface area contributed by atoms with Crippen LogP contribution in [0, 0.1) is 0 Å². The number of fused-ring (bicyclic) bond motifs is 1.